The molecule has 2 aliphatic rings. The predicted octanol–water partition coefficient (Wildman–Crippen LogP) is 0.560. The van der Waals surface area contributed by atoms with E-state index < -0.39 is 34.9 Å². The van der Waals surface area contributed by atoms with E-state index in [1.807, 2.05) is 12.2 Å². The molecule has 0 aromatic heterocycles. The predicted molar refractivity (Wildman–Crippen MR) is 96.2 cm³/mol. The average Bonchev–Trinajstić information content (AvgIpc) is 3.20. The number of hydrogen-bond acceptors (Lipinski definition) is 6. The van der Waals surface area contributed by atoms with Crippen molar-refractivity contribution in [2.75, 3.05) is 14.2 Å². The summed E-state index contributed by atoms with van der Waals surface area (Å²) in [6.45, 7) is 6.20. The first-order valence-corrected chi connectivity index (χ1v) is 8.94. The van der Waals surface area contributed by atoms with E-state index in [1.54, 1.807) is 27.7 Å². The molecule has 27 heavy (non-hydrogen) atoms. The van der Waals surface area contributed by atoms with Gasteiger partial charge in [-0.15, -0.1) is 0 Å². The SMILES string of the molecule is COC(=O)C(C)(C)NC(=O)[C@@H]1[C@H](C(=O)NC(C)(C)C(=O)OC)[C@@H]2C=C[C@H]1C2. The minimum absolute atomic E-state index is 0.0829. The van der Waals surface area contributed by atoms with Crippen LogP contribution in [-0.2, 0) is 28.7 Å². The molecule has 0 radical (unpaired) electrons. The molecule has 2 amide bonds. The third-order valence-electron chi connectivity index (χ3n) is 5.33. The van der Waals surface area contributed by atoms with Crippen LogP contribution in [-0.4, -0.2) is 49.1 Å². The van der Waals surface area contributed by atoms with Gasteiger partial charge in [-0.05, 0) is 46.0 Å². The molecule has 2 aliphatic carbocycles. The Morgan fingerprint density at radius 3 is 1.41 bits per heavy atom. The van der Waals surface area contributed by atoms with Gasteiger partial charge in [-0.1, -0.05) is 12.2 Å². The minimum Gasteiger partial charge on any atom is -0.467 e. The topological polar surface area (TPSA) is 111 Å². The highest BCUT2D eigenvalue weighted by atomic mass is 16.5. The summed E-state index contributed by atoms with van der Waals surface area (Å²) < 4.78 is 9.44. The normalized spacial score (nSPS) is 26.4. The maximum Gasteiger partial charge on any atom is 0.330 e. The summed E-state index contributed by atoms with van der Waals surface area (Å²) in [5.74, 6) is -3.28. The number of methoxy groups -OCH3 is 2. The van der Waals surface area contributed by atoms with Gasteiger partial charge in [-0.2, -0.15) is 0 Å². The van der Waals surface area contributed by atoms with Crippen molar-refractivity contribution in [3.05, 3.63) is 12.2 Å². The number of nitrogens with one attached hydrogen (secondary N) is 2. The number of esters is 2. The third-order valence-corrected chi connectivity index (χ3v) is 5.33. The second-order valence-electron chi connectivity index (χ2n) is 8.21. The van der Waals surface area contributed by atoms with Gasteiger partial charge in [0.1, 0.15) is 11.1 Å². The summed E-state index contributed by atoms with van der Waals surface area (Å²) in [7, 11) is 2.50. The number of allylic oxidation sites excluding steroid dienone is 2. The average molecular weight is 380 g/mol. The van der Waals surface area contributed by atoms with Crippen molar-refractivity contribution in [3.8, 4) is 0 Å². The maximum absolute atomic E-state index is 12.9. The Morgan fingerprint density at radius 2 is 1.11 bits per heavy atom. The van der Waals surface area contributed by atoms with Crippen LogP contribution in [0.4, 0.5) is 0 Å². The van der Waals surface area contributed by atoms with Gasteiger partial charge in [0.05, 0.1) is 26.1 Å². The Balaban J connectivity index is 2.19. The molecule has 0 unspecified atom stereocenters. The van der Waals surface area contributed by atoms with Gasteiger partial charge < -0.3 is 20.1 Å². The van der Waals surface area contributed by atoms with Crippen LogP contribution in [0.5, 0.6) is 0 Å². The molecule has 150 valence electrons. The highest BCUT2D eigenvalue weighted by molar-refractivity contribution is 5.95. The summed E-state index contributed by atoms with van der Waals surface area (Å²) in [6, 6.07) is 0. The lowest BCUT2D eigenvalue weighted by Gasteiger charge is -2.32. The number of carbonyl (C=O) groups is 4. The zero-order valence-corrected chi connectivity index (χ0v) is 16.6. The number of amides is 2. The minimum atomic E-state index is -1.20. The van der Waals surface area contributed by atoms with E-state index >= 15 is 0 Å². The van der Waals surface area contributed by atoms with Crippen molar-refractivity contribution in [2.45, 2.75) is 45.2 Å². The Morgan fingerprint density at radius 1 is 0.778 bits per heavy atom. The van der Waals surface area contributed by atoms with Gasteiger partial charge in [0.25, 0.3) is 0 Å². The molecule has 2 bridgehead atoms. The smallest absolute Gasteiger partial charge is 0.330 e. The summed E-state index contributed by atoms with van der Waals surface area (Å²) in [6.07, 6.45) is 4.57. The van der Waals surface area contributed by atoms with Gasteiger partial charge >= 0.3 is 11.9 Å². The second kappa shape index (κ2) is 7.32. The monoisotopic (exact) mass is 380 g/mol. The standard InChI is InChI=1S/C19H28N2O6/c1-18(2,16(24)26-5)20-14(22)12-10-7-8-11(9-10)13(12)15(23)21-19(3,4)17(25)27-6/h7-8,10-13H,9H2,1-6H3,(H,20,22)(H,21,23)/t10-,11+,12-,13+. The summed E-state index contributed by atoms with van der Waals surface area (Å²) in [5.41, 5.74) is -2.41. The van der Waals surface area contributed by atoms with Gasteiger partial charge in [0.15, 0.2) is 0 Å². The number of carbonyl (C=O) groups excluding carboxylic acids is 4. The molecule has 0 aromatic carbocycles. The number of ether oxygens (including phenoxy) is 2. The fraction of sp³-hybridized carbons (Fsp3) is 0.684. The molecule has 0 aliphatic heterocycles. The molecule has 0 spiro atoms. The van der Waals surface area contributed by atoms with E-state index in [4.69, 9.17) is 9.47 Å². The van der Waals surface area contributed by atoms with Crippen molar-refractivity contribution in [1.29, 1.82) is 0 Å². The molecule has 8 heteroatoms. The van der Waals surface area contributed by atoms with E-state index in [0.29, 0.717) is 6.42 Å². The van der Waals surface area contributed by atoms with Crippen molar-refractivity contribution in [1.82, 2.24) is 10.6 Å². The van der Waals surface area contributed by atoms with Crippen molar-refractivity contribution in [3.63, 3.8) is 0 Å². The summed E-state index contributed by atoms with van der Waals surface area (Å²) in [4.78, 5) is 49.6. The molecule has 1 fully saturated rings. The Labute approximate surface area is 159 Å². The van der Waals surface area contributed by atoms with E-state index in [1.165, 1.54) is 14.2 Å². The van der Waals surface area contributed by atoms with Gasteiger partial charge in [-0.3, -0.25) is 9.59 Å². The molecule has 2 N–H and O–H groups in total. The lowest BCUT2D eigenvalue weighted by molar-refractivity contribution is -0.152. The molecular weight excluding hydrogens is 352 g/mol. The van der Waals surface area contributed by atoms with Gasteiger partial charge in [0.2, 0.25) is 11.8 Å². The summed E-state index contributed by atoms with van der Waals surface area (Å²) >= 11 is 0. The quantitative estimate of drug-likeness (QED) is 0.515. The number of rotatable bonds is 6. The molecule has 0 aromatic rings. The fourth-order valence-corrected chi connectivity index (χ4v) is 3.93. The molecular formula is C19H28N2O6. The fourth-order valence-electron chi connectivity index (χ4n) is 3.93. The van der Waals surface area contributed by atoms with Crippen LogP contribution in [0.3, 0.4) is 0 Å². The van der Waals surface area contributed by atoms with Crippen LogP contribution < -0.4 is 10.6 Å². The van der Waals surface area contributed by atoms with Crippen molar-refractivity contribution < 1.29 is 28.7 Å². The van der Waals surface area contributed by atoms with Crippen LogP contribution in [0.15, 0.2) is 12.2 Å². The molecule has 4 atom stereocenters. The van der Waals surface area contributed by atoms with Crippen LogP contribution in [0.2, 0.25) is 0 Å². The Hall–Kier alpha value is -2.38. The van der Waals surface area contributed by atoms with E-state index in [0.717, 1.165) is 0 Å². The molecule has 2 rings (SSSR count). The first kappa shape index (κ1) is 20.9. The van der Waals surface area contributed by atoms with E-state index in [-0.39, 0.29) is 23.7 Å². The second-order valence-corrected chi connectivity index (χ2v) is 8.21. The summed E-state index contributed by atoms with van der Waals surface area (Å²) in [5, 5.41) is 5.39. The molecule has 0 saturated heterocycles. The Bertz CT molecular complexity index is 626. The highest BCUT2D eigenvalue weighted by Crippen LogP contribution is 2.48. The van der Waals surface area contributed by atoms with Crippen LogP contribution in [0, 0.1) is 23.7 Å². The molecule has 0 heterocycles. The van der Waals surface area contributed by atoms with Crippen LogP contribution >= 0.6 is 0 Å². The first-order valence-electron chi connectivity index (χ1n) is 8.94. The zero-order chi connectivity index (χ0) is 20.6. The van der Waals surface area contributed by atoms with Gasteiger partial charge in [0, 0.05) is 0 Å². The highest BCUT2D eigenvalue weighted by Gasteiger charge is 2.53. The van der Waals surface area contributed by atoms with Crippen molar-refractivity contribution >= 4 is 23.8 Å². The lowest BCUT2D eigenvalue weighted by atomic mass is 9.80. The molecule has 1 saturated carbocycles. The van der Waals surface area contributed by atoms with Gasteiger partial charge in [-0.25, -0.2) is 9.59 Å². The van der Waals surface area contributed by atoms with Crippen LogP contribution in [0.25, 0.3) is 0 Å². The Kier molecular flexibility index (Phi) is 5.68. The van der Waals surface area contributed by atoms with Crippen molar-refractivity contribution in [2.24, 2.45) is 23.7 Å². The molecule has 8 nitrogen and oxygen atoms in total. The lowest BCUT2D eigenvalue weighted by Crippen LogP contribution is -2.57. The number of hydrogen-bond donors (Lipinski definition) is 2. The maximum atomic E-state index is 12.9. The van der Waals surface area contributed by atoms with Crippen LogP contribution in [0.1, 0.15) is 34.1 Å². The number of fused-ring (bicyclic) bond motifs is 2. The third kappa shape index (κ3) is 3.99. The largest absolute Gasteiger partial charge is 0.467 e. The zero-order valence-electron chi connectivity index (χ0n) is 16.6. The van der Waals surface area contributed by atoms with E-state index in [2.05, 4.69) is 10.6 Å². The first-order chi connectivity index (χ1) is 12.4. The van der Waals surface area contributed by atoms with E-state index in [9.17, 15) is 19.2 Å².